The predicted octanol–water partition coefficient (Wildman–Crippen LogP) is 3.81. The average molecular weight is 392 g/mol. The molecule has 2 aromatic rings. The number of allylic oxidation sites excluding steroid dienone is 1. The molecule has 0 radical (unpaired) electrons. The van der Waals surface area contributed by atoms with Gasteiger partial charge in [0, 0.05) is 17.5 Å². The first-order chi connectivity index (χ1) is 13.5. The van der Waals surface area contributed by atoms with Crippen molar-refractivity contribution in [3.8, 4) is 0 Å². The number of nitro benzene ring substituents is 1. The average Bonchev–Trinajstić information content (AvgIpc) is 3.10. The van der Waals surface area contributed by atoms with Gasteiger partial charge in [-0.2, -0.15) is 0 Å². The molecule has 0 saturated carbocycles. The van der Waals surface area contributed by atoms with Crippen LogP contribution in [0.15, 0.2) is 76.3 Å². The van der Waals surface area contributed by atoms with Crippen molar-refractivity contribution < 1.29 is 9.72 Å². The van der Waals surface area contributed by atoms with E-state index in [1.165, 1.54) is 23.9 Å². The van der Waals surface area contributed by atoms with Gasteiger partial charge in [0.2, 0.25) is 5.91 Å². The Morgan fingerprint density at radius 1 is 1.18 bits per heavy atom. The number of carbonyl (C=O) groups is 1. The Labute approximate surface area is 165 Å². The smallest absolute Gasteiger partial charge is 0.269 e. The molecule has 28 heavy (non-hydrogen) atoms. The summed E-state index contributed by atoms with van der Waals surface area (Å²) in [5.74, 6) is -0.519. The summed E-state index contributed by atoms with van der Waals surface area (Å²) < 4.78 is 0. The van der Waals surface area contributed by atoms with E-state index >= 15 is 0 Å². The number of fused-ring (bicyclic) bond motifs is 1. The zero-order valence-corrected chi connectivity index (χ0v) is 15.7. The van der Waals surface area contributed by atoms with E-state index in [-0.39, 0.29) is 5.69 Å². The Balaban J connectivity index is 1.82. The second kappa shape index (κ2) is 6.97. The van der Waals surface area contributed by atoms with Crippen LogP contribution in [0.5, 0.6) is 0 Å². The SMILES string of the molecule is CC1=C(C(N)=O)[C@H](c2ccccc2)N2C(c3ccc([N+](=O)[O-])cc3)=CSC2=N1. The quantitative estimate of drug-likeness (QED) is 0.630. The molecular weight excluding hydrogens is 376 g/mol. The molecule has 0 spiro atoms. The minimum Gasteiger partial charge on any atom is -0.366 e. The van der Waals surface area contributed by atoms with E-state index in [0.717, 1.165) is 22.0 Å². The standard InChI is InChI=1S/C20H16N4O3S/c1-12-17(19(21)25)18(14-5-3-2-4-6-14)23-16(11-28-20(23)22-12)13-7-9-15(10-8-13)24(26)27/h2-11,18H,1H3,(H2,21,25)/t18-/m0/s1. The molecule has 2 N–H and O–H groups in total. The summed E-state index contributed by atoms with van der Waals surface area (Å²) in [6.07, 6.45) is 0. The van der Waals surface area contributed by atoms with E-state index in [2.05, 4.69) is 4.99 Å². The Hall–Kier alpha value is -3.39. The largest absolute Gasteiger partial charge is 0.366 e. The van der Waals surface area contributed by atoms with Crippen LogP contribution in [0.4, 0.5) is 5.69 Å². The minimum absolute atomic E-state index is 0.0238. The van der Waals surface area contributed by atoms with E-state index in [9.17, 15) is 14.9 Å². The molecule has 2 aromatic carbocycles. The Morgan fingerprint density at radius 3 is 2.46 bits per heavy atom. The number of nitrogens with two attached hydrogens (primary N) is 1. The molecule has 0 unspecified atom stereocenters. The number of hydrogen-bond donors (Lipinski definition) is 1. The molecule has 7 nitrogen and oxygen atoms in total. The van der Waals surface area contributed by atoms with Crippen LogP contribution in [-0.4, -0.2) is 20.9 Å². The van der Waals surface area contributed by atoms with Crippen LogP contribution in [0, 0.1) is 10.1 Å². The van der Waals surface area contributed by atoms with Gasteiger partial charge in [0.1, 0.15) is 0 Å². The molecule has 1 amide bonds. The van der Waals surface area contributed by atoms with Crippen molar-refractivity contribution in [1.82, 2.24) is 4.90 Å². The Bertz CT molecular complexity index is 1060. The minimum atomic E-state index is -0.519. The third-order valence-electron chi connectivity index (χ3n) is 4.68. The zero-order valence-electron chi connectivity index (χ0n) is 14.9. The Kier molecular flexibility index (Phi) is 4.48. The molecule has 0 bridgehead atoms. The first-order valence-corrected chi connectivity index (χ1v) is 9.40. The topological polar surface area (TPSA) is 102 Å². The molecule has 0 saturated heterocycles. The fourth-order valence-corrected chi connectivity index (χ4v) is 4.38. The normalized spacial score (nSPS) is 18.5. The molecule has 8 heteroatoms. The molecule has 0 aliphatic carbocycles. The summed E-state index contributed by atoms with van der Waals surface area (Å²) in [6.45, 7) is 1.78. The summed E-state index contributed by atoms with van der Waals surface area (Å²) in [5.41, 5.74) is 9.30. The Morgan fingerprint density at radius 2 is 1.86 bits per heavy atom. The van der Waals surface area contributed by atoms with Crippen LogP contribution < -0.4 is 5.73 Å². The third-order valence-corrected chi connectivity index (χ3v) is 5.52. The monoisotopic (exact) mass is 392 g/mol. The number of non-ortho nitro benzene ring substituents is 1. The zero-order chi connectivity index (χ0) is 19.8. The highest BCUT2D eigenvalue weighted by atomic mass is 32.2. The fourth-order valence-electron chi connectivity index (χ4n) is 3.41. The van der Waals surface area contributed by atoms with Gasteiger partial charge < -0.3 is 10.6 Å². The number of hydrogen-bond acceptors (Lipinski definition) is 6. The molecule has 2 heterocycles. The van der Waals surface area contributed by atoms with E-state index in [4.69, 9.17) is 5.73 Å². The number of thioether (sulfide) groups is 1. The number of nitro groups is 1. The number of aliphatic imine (C=N–C) groups is 1. The van der Waals surface area contributed by atoms with Crippen LogP contribution in [-0.2, 0) is 4.79 Å². The van der Waals surface area contributed by atoms with Crippen molar-refractivity contribution in [2.45, 2.75) is 13.0 Å². The summed E-state index contributed by atoms with van der Waals surface area (Å²) in [4.78, 5) is 29.3. The van der Waals surface area contributed by atoms with Crippen LogP contribution >= 0.6 is 11.8 Å². The molecule has 2 aliphatic rings. The van der Waals surface area contributed by atoms with Crippen LogP contribution in [0.3, 0.4) is 0 Å². The molecule has 140 valence electrons. The lowest BCUT2D eigenvalue weighted by atomic mass is 9.93. The highest BCUT2D eigenvalue weighted by Gasteiger charge is 2.39. The number of amidine groups is 1. The lowest BCUT2D eigenvalue weighted by Crippen LogP contribution is -2.37. The lowest BCUT2D eigenvalue weighted by Gasteiger charge is -2.36. The van der Waals surface area contributed by atoms with E-state index in [1.54, 1.807) is 19.1 Å². The first kappa shape index (κ1) is 18.0. The van der Waals surface area contributed by atoms with Gasteiger partial charge in [-0.25, -0.2) is 4.99 Å². The van der Waals surface area contributed by atoms with Crippen LogP contribution in [0.1, 0.15) is 24.1 Å². The summed E-state index contributed by atoms with van der Waals surface area (Å²) >= 11 is 1.45. The van der Waals surface area contributed by atoms with Crippen molar-refractivity contribution in [2.75, 3.05) is 0 Å². The maximum absolute atomic E-state index is 12.3. The van der Waals surface area contributed by atoms with Gasteiger partial charge in [0.05, 0.1) is 27.9 Å². The number of primary amides is 1. The number of carbonyl (C=O) groups excluding carboxylic acids is 1. The lowest BCUT2D eigenvalue weighted by molar-refractivity contribution is -0.384. The van der Waals surface area contributed by atoms with Gasteiger partial charge >= 0.3 is 0 Å². The van der Waals surface area contributed by atoms with E-state index < -0.39 is 16.9 Å². The number of benzene rings is 2. The van der Waals surface area contributed by atoms with Gasteiger partial charge in [-0.3, -0.25) is 14.9 Å². The van der Waals surface area contributed by atoms with E-state index in [0.29, 0.717) is 11.3 Å². The number of amides is 1. The van der Waals surface area contributed by atoms with Gasteiger partial charge in [-0.05, 0) is 30.2 Å². The van der Waals surface area contributed by atoms with Crippen molar-refractivity contribution in [1.29, 1.82) is 0 Å². The van der Waals surface area contributed by atoms with Gasteiger partial charge in [-0.1, -0.05) is 42.1 Å². The first-order valence-electron chi connectivity index (χ1n) is 8.52. The summed E-state index contributed by atoms with van der Waals surface area (Å²) in [6, 6.07) is 15.5. The second-order valence-electron chi connectivity index (χ2n) is 6.37. The van der Waals surface area contributed by atoms with Crippen molar-refractivity contribution in [2.24, 2.45) is 10.7 Å². The third kappa shape index (κ3) is 2.97. The van der Waals surface area contributed by atoms with Crippen molar-refractivity contribution in [3.05, 3.63) is 92.5 Å². The highest BCUT2D eigenvalue weighted by Crippen LogP contribution is 2.46. The molecule has 4 rings (SSSR count). The van der Waals surface area contributed by atoms with Crippen LogP contribution in [0.25, 0.3) is 5.70 Å². The molecule has 0 fully saturated rings. The highest BCUT2D eigenvalue weighted by molar-refractivity contribution is 8.16. The predicted molar refractivity (Wildman–Crippen MR) is 109 cm³/mol. The maximum atomic E-state index is 12.3. The van der Waals surface area contributed by atoms with Gasteiger partial charge in [-0.15, -0.1) is 0 Å². The molecule has 2 aliphatic heterocycles. The van der Waals surface area contributed by atoms with Crippen molar-refractivity contribution >= 4 is 34.2 Å². The van der Waals surface area contributed by atoms with Crippen molar-refractivity contribution in [3.63, 3.8) is 0 Å². The molecule has 0 aromatic heterocycles. The second-order valence-corrected chi connectivity index (χ2v) is 7.20. The maximum Gasteiger partial charge on any atom is 0.269 e. The van der Waals surface area contributed by atoms with Gasteiger partial charge in [0.25, 0.3) is 5.69 Å². The number of rotatable bonds is 4. The fraction of sp³-hybridized carbons (Fsp3) is 0.100. The molecular formula is C20H16N4O3S. The summed E-state index contributed by atoms with van der Waals surface area (Å²) in [7, 11) is 0. The van der Waals surface area contributed by atoms with E-state index in [1.807, 2.05) is 40.6 Å². The van der Waals surface area contributed by atoms with Gasteiger partial charge in [0.15, 0.2) is 5.17 Å². The summed E-state index contributed by atoms with van der Waals surface area (Å²) in [5, 5.41) is 13.6. The number of nitrogens with zero attached hydrogens (tertiary/aromatic N) is 3. The van der Waals surface area contributed by atoms with Crippen LogP contribution in [0.2, 0.25) is 0 Å². The molecule has 1 atom stereocenters.